The minimum atomic E-state index is -0.356. The maximum absolute atomic E-state index is 13.4. The van der Waals surface area contributed by atoms with Gasteiger partial charge in [0.25, 0.3) is 0 Å². The first-order valence-electron chi connectivity index (χ1n) is 12.2. The average Bonchev–Trinajstić information content (AvgIpc) is 3.17. The lowest BCUT2D eigenvalue weighted by Crippen LogP contribution is -2.52. The van der Waals surface area contributed by atoms with Gasteiger partial charge in [0.1, 0.15) is 6.54 Å². The van der Waals surface area contributed by atoms with Gasteiger partial charge in [-0.15, -0.1) is 0 Å². The van der Waals surface area contributed by atoms with E-state index in [0.717, 1.165) is 29.6 Å². The summed E-state index contributed by atoms with van der Waals surface area (Å²) in [5.41, 5.74) is 1.93. The second-order valence-electron chi connectivity index (χ2n) is 10.4. The molecule has 6 nitrogen and oxygen atoms in total. The second-order valence-corrected chi connectivity index (χ2v) is 11.3. The molecule has 3 amide bonds. The molecule has 0 spiro atoms. The number of hydrogen-bond acceptors (Lipinski definition) is 2. The molecule has 0 fully saturated rings. The molecule has 7 heteroatoms. The van der Waals surface area contributed by atoms with Crippen LogP contribution >= 0.6 is 15.9 Å². The molecular formula is C27H41BrN4O2. The maximum atomic E-state index is 13.4. The van der Waals surface area contributed by atoms with Gasteiger partial charge in [-0.1, -0.05) is 55.3 Å². The van der Waals surface area contributed by atoms with Crippen LogP contribution in [0.4, 0.5) is 4.79 Å². The lowest BCUT2D eigenvalue weighted by atomic mass is 10.1. The standard InChI is InChI=1S/C27H41BrN4O2/c1-7-8-15-31(25(33)20-32(17-21(2)3)26(34)29-27(4,5)6)19-24-10-9-16-30(24)18-22-11-13-23(28)14-12-22/h9-14,16,21H,7-8,15,17-20H2,1-6H3,(H,29,34). The molecule has 0 saturated carbocycles. The van der Waals surface area contributed by atoms with Crippen molar-refractivity contribution in [3.05, 3.63) is 58.3 Å². The highest BCUT2D eigenvalue weighted by Crippen LogP contribution is 2.15. The molecule has 1 aromatic heterocycles. The van der Waals surface area contributed by atoms with E-state index in [4.69, 9.17) is 0 Å². The van der Waals surface area contributed by atoms with Crippen LogP contribution in [-0.4, -0.2) is 51.5 Å². The zero-order valence-electron chi connectivity index (χ0n) is 21.6. The van der Waals surface area contributed by atoms with Crippen LogP contribution in [0.25, 0.3) is 0 Å². The van der Waals surface area contributed by atoms with Crippen molar-refractivity contribution in [2.75, 3.05) is 19.6 Å². The molecule has 1 aromatic carbocycles. The fraction of sp³-hybridized carbons (Fsp3) is 0.556. The summed E-state index contributed by atoms with van der Waals surface area (Å²) in [6.45, 7) is 14.7. The van der Waals surface area contributed by atoms with E-state index in [0.29, 0.717) is 19.6 Å². The number of urea groups is 1. The van der Waals surface area contributed by atoms with E-state index in [-0.39, 0.29) is 29.9 Å². The minimum Gasteiger partial charge on any atom is -0.345 e. The highest BCUT2D eigenvalue weighted by atomic mass is 79.9. The number of halogens is 1. The summed E-state index contributed by atoms with van der Waals surface area (Å²) < 4.78 is 3.25. The molecule has 0 aliphatic rings. The number of nitrogens with one attached hydrogen (secondary N) is 1. The molecule has 0 unspecified atom stereocenters. The van der Waals surface area contributed by atoms with Gasteiger partial charge in [0.2, 0.25) is 5.91 Å². The zero-order chi connectivity index (χ0) is 25.3. The number of unbranched alkanes of at least 4 members (excludes halogenated alkanes) is 1. The van der Waals surface area contributed by atoms with Crippen molar-refractivity contribution >= 4 is 27.9 Å². The molecule has 2 aromatic rings. The SMILES string of the molecule is CCCCN(Cc1cccn1Cc1ccc(Br)cc1)C(=O)CN(CC(C)C)C(=O)NC(C)(C)C. The molecular weight excluding hydrogens is 492 g/mol. The van der Waals surface area contributed by atoms with Crippen LogP contribution < -0.4 is 5.32 Å². The van der Waals surface area contributed by atoms with Gasteiger partial charge in [-0.3, -0.25) is 4.79 Å². The predicted octanol–water partition coefficient (Wildman–Crippen LogP) is 5.89. The summed E-state index contributed by atoms with van der Waals surface area (Å²) in [4.78, 5) is 29.9. The molecule has 2 rings (SSSR count). The first-order valence-corrected chi connectivity index (χ1v) is 13.0. The number of nitrogens with zero attached hydrogens (tertiary/aromatic N) is 3. The van der Waals surface area contributed by atoms with Crippen molar-refractivity contribution in [3.8, 4) is 0 Å². The zero-order valence-corrected chi connectivity index (χ0v) is 23.2. The van der Waals surface area contributed by atoms with Gasteiger partial charge in [0, 0.05) is 41.5 Å². The van der Waals surface area contributed by atoms with Gasteiger partial charge in [-0.05, 0) is 62.9 Å². The van der Waals surface area contributed by atoms with E-state index in [1.54, 1.807) is 4.90 Å². The number of rotatable bonds is 11. The molecule has 0 saturated heterocycles. The van der Waals surface area contributed by atoms with E-state index in [9.17, 15) is 9.59 Å². The number of amides is 3. The van der Waals surface area contributed by atoms with Crippen molar-refractivity contribution in [1.82, 2.24) is 19.7 Å². The normalized spacial score (nSPS) is 11.5. The Morgan fingerprint density at radius 2 is 1.76 bits per heavy atom. The van der Waals surface area contributed by atoms with Gasteiger partial charge < -0.3 is 19.7 Å². The number of hydrogen-bond donors (Lipinski definition) is 1. The third-order valence-corrected chi connectivity index (χ3v) is 5.89. The fourth-order valence-electron chi connectivity index (χ4n) is 3.69. The highest BCUT2D eigenvalue weighted by Gasteiger charge is 2.25. The van der Waals surface area contributed by atoms with Crippen LogP contribution in [-0.2, 0) is 17.9 Å². The minimum absolute atomic E-state index is 0.0189. The third-order valence-electron chi connectivity index (χ3n) is 5.36. The van der Waals surface area contributed by atoms with Gasteiger partial charge in [-0.2, -0.15) is 0 Å². The van der Waals surface area contributed by atoms with E-state index < -0.39 is 0 Å². The summed E-state index contributed by atoms with van der Waals surface area (Å²) in [6, 6.07) is 12.2. The Bertz CT molecular complexity index is 915. The Kier molecular flexibility index (Phi) is 10.7. The molecule has 0 atom stereocenters. The number of carbonyl (C=O) groups excluding carboxylic acids is 2. The maximum Gasteiger partial charge on any atom is 0.318 e. The Hall–Kier alpha value is -2.28. The Balaban J connectivity index is 2.16. The van der Waals surface area contributed by atoms with Crippen LogP contribution in [0.15, 0.2) is 47.1 Å². The fourth-order valence-corrected chi connectivity index (χ4v) is 3.96. The van der Waals surface area contributed by atoms with Gasteiger partial charge in [-0.25, -0.2) is 4.79 Å². The first kappa shape index (κ1) is 28.0. The smallest absolute Gasteiger partial charge is 0.318 e. The lowest BCUT2D eigenvalue weighted by Gasteiger charge is -2.31. The van der Waals surface area contributed by atoms with E-state index >= 15 is 0 Å². The monoisotopic (exact) mass is 532 g/mol. The van der Waals surface area contributed by atoms with Crippen LogP contribution in [0.5, 0.6) is 0 Å². The van der Waals surface area contributed by atoms with E-state index in [1.165, 1.54) is 5.56 Å². The Morgan fingerprint density at radius 1 is 1.09 bits per heavy atom. The topological polar surface area (TPSA) is 57.6 Å². The van der Waals surface area contributed by atoms with Crippen molar-refractivity contribution in [1.29, 1.82) is 0 Å². The summed E-state index contributed by atoms with van der Waals surface area (Å²) in [6.07, 6.45) is 3.99. The van der Waals surface area contributed by atoms with Crippen LogP contribution in [0.3, 0.4) is 0 Å². The Morgan fingerprint density at radius 3 is 2.35 bits per heavy atom. The molecule has 0 aliphatic carbocycles. The molecule has 0 bridgehead atoms. The van der Waals surface area contributed by atoms with Crippen molar-refractivity contribution in [3.63, 3.8) is 0 Å². The number of benzene rings is 1. The van der Waals surface area contributed by atoms with Gasteiger partial charge in [0.15, 0.2) is 0 Å². The molecule has 1 heterocycles. The molecule has 188 valence electrons. The van der Waals surface area contributed by atoms with E-state index in [1.807, 2.05) is 43.9 Å². The van der Waals surface area contributed by atoms with Crippen molar-refractivity contribution < 1.29 is 9.59 Å². The predicted molar refractivity (Wildman–Crippen MR) is 143 cm³/mol. The van der Waals surface area contributed by atoms with Crippen LogP contribution in [0.2, 0.25) is 0 Å². The van der Waals surface area contributed by atoms with Crippen LogP contribution in [0.1, 0.15) is 65.6 Å². The first-order chi connectivity index (χ1) is 16.0. The average molecular weight is 534 g/mol. The van der Waals surface area contributed by atoms with Gasteiger partial charge in [0.05, 0.1) is 6.54 Å². The molecule has 0 radical (unpaired) electrons. The summed E-state index contributed by atoms with van der Waals surface area (Å²) in [5.74, 6) is 0.250. The number of carbonyl (C=O) groups is 2. The molecule has 0 aliphatic heterocycles. The van der Waals surface area contributed by atoms with E-state index in [2.05, 4.69) is 71.0 Å². The molecule has 34 heavy (non-hydrogen) atoms. The second kappa shape index (κ2) is 13.0. The quantitative estimate of drug-likeness (QED) is 0.392. The largest absolute Gasteiger partial charge is 0.345 e. The third kappa shape index (κ3) is 9.53. The van der Waals surface area contributed by atoms with Crippen LogP contribution in [0, 0.1) is 5.92 Å². The summed E-state index contributed by atoms with van der Waals surface area (Å²) in [7, 11) is 0. The van der Waals surface area contributed by atoms with Gasteiger partial charge >= 0.3 is 6.03 Å². The summed E-state index contributed by atoms with van der Waals surface area (Å²) in [5, 5.41) is 3.01. The Labute approximate surface area is 213 Å². The van der Waals surface area contributed by atoms with Crippen molar-refractivity contribution in [2.24, 2.45) is 5.92 Å². The van der Waals surface area contributed by atoms with Crippen molar-refractivity contribution in [2.45, 2.75) is 73.0 Å². The molecule has 1 N–H and O–H groups in total. The lowest BCUT2D eigenvalue weighted by molar-refractivity contribution is -0.132. The number of aromatic nitrogens is 1. The highest BCUT2D eigenvalue weighted by molar-refractivity contribution is 9.10. The summed E-state index contributed by atoms with van der Waals surface area (Å²) >= 11 is 3.49.